The molecule has 1 amide bonds. The van der Waals surface area contributed by atoms with E-state index in [9.17, 15) is 9.18 Å². The summed E-state index contributed by atoms with van der Waals surface area (Å²) < 4.78 is 24.4. The number of aromatic nitrogens is 2. The van der Waals surface area contributed by atoms with Crippen molar-refractivity contribution in [1.82, 2.24) is 15.5 Å². The Labute approximate surface area is 125 Å². The quantitative estimate of drug-likeness (QED) is 0.941. The van der Waals surface area contributed by atoms with Crippen molar-refractivity contribution in [2.24, 2.45) is 0 Å². The number of amides is 1. The third-order valence-electron chi connectivity index (χ3n) is 3.89. The monoisotopic (exact) mass is 303 g/mol. The summed E-state index contributed by atoms with van der Waals surface area (Å²) in [7, 11) is 0. The molecule has 6 nitrogen and oxygen atoms in total. The molecule has 1 aromatic carbocycles. The van der Waals surface area contributed by atoms with E-state index in [0.29, 0.717) is 30.4 Å². The van der Waals surface area contributed by atoms with Crippen LogP contribution in [0.3, 0.4) is 0 Å². The minimum atomic E-state index is -0.443. The molecule has 1 atom stereocenters. The topological polar surface area (TPSA) is 77.2 Å². The highest BCUT2D eigenvalue weighted by Crippen LogP contribution is 2.39. The molecule has 0 radical (unpaired) electrons. The van der Waals surface area contributed by atoms with E-state index >= 15 is 0 Å². The third kappa shape index (κ3) is 2.32. The summed E-state index contributed by atoms with van der Waals surface area (Å²) in [6.45, 7) is 0.343. The molecule has 114 valence electrons. The average Bonchev–Trinajstić information content (AvgIpc) is 3.25. The molecule has 4 rings (SSSR count). The lowest BCUT2D eigenvalue weighted by Gasteiger charge is -2.26. The van der Waals surface area contributed by atoms with E-state index < -0.39 is 11.7 Å². The molecule has 0 bridgehead atoms. The number of carbonyl (C=O) groups is 1. The van der Waals surface area contributed by atoms with Gasteiger partial charge in [0.25, 0.3) is 0 Å². The Hall–Kier alpha value is -2.44. The second kappa shape index (κ2) is 5.08. The Morgan fingerprint density at radius 1 is 1.27 bits per heavy atom. The summed E-state index contributed by atoms with van der Waals surface area (Å²) in [6.07, 6.45) is 2.61. The van der Waals surface area contributed by atoms with Crippen LogP contribution in [0.15, 0.2) is 22.6 Å². The fraction of sp³-hybridized carbons (Fsp3) is 0.400. The molecule has 2 heterocycles. The second-order valence-corrected chi connectivity index (χ2v) is 5.54. The number of halogens is 1. The summed E-state index contributed by atoms with van der Waals surface area (Å²) >= 11 is 0. The first-order chi connectivity index (χ1) is 10.7. The first kappa shape index (κ1) is 13.2. The zero-order valence-corrected chi connectivity index (χ0v) is 11.7. The van der Waals surface area contributed by atoms with Gasteiger partial charge >= 0.3 is 11.8 Å². The number of para-hydroxylation sites is 1. The highest BCUT2D eigenvalue weighted by Gasteiger charge is 2.31. The molecular formula is C15H14FN3O3. The number of nitrogens with one attached hydrogen (secondary N) is 1. The molecule has 22 heavy (non-hydrogen) atoms. The van der Waals surface area contributed by atoms with Crippen LogP contribution < -0.4 is 10.1 Å². The largest absolute Gasteiger partial charge is 0.490 e. The van der Waals surface area contributed by atoms with E-state index in [4.69, 9.17) is 9.15 Å². The molecule has 2 aliphatic rings. The number of benzene rings is 1. The summed E-state index contributed by atoms with van der Waals surface area (Å²) in [5, 5.41) is 10.5. The summed E-state index contributed by atoms with van der Waals surface area (Å²) in [4.78, 5) is 12.2. The minimum Gasteiger partial charge on any atom is -0.490 e. The summed E-state index contributed by atoms with van der Waals surface area (Å²) in [5.41, 5.74) is 0.626. The van der Waals surface area contributed by atoms with Gasteiger partial charge in [0.1, 0.15) is 0 Å². The van der Waals surface area contributed by atoms with Gasteiger partial charge in [0.05, 0.1) is 12.6 Å². The van der Waals surface area contributed by atoms with Crippen molar-refractivity contribution in [3.05, 3.63) is 41.4 Å². The lowest BCUT2D eigenvalue weighted by atomic mass is 10.0. The molecule has 1 aliphatic carbocycles. The molecule has 7 heteroatoms. The Bertz CT molecular complexity index is 727. The van der Waals surface area contributed by atoms with Gasteiger partial charge in [-0.2, -0.15) is 0 Å². The van der Waals surface area contributed by atoms with Crippen molar-refractivity contribution in [1.29, 1.82) is 0 Å². The molecule has 0 spiro atoms. The predicted octanol–water partition coefficient (Wildman–Crippen LogP) is 2.34. The van der Waals surface area contributed by atoms with Crippen molar-refractivity contribution in [2.45, 2.75) is 31.2 Å². The normalized spacial score (nSPS) is 20.1. The predicted molar refractivity (Wildman–Crippen MR) is 73.0 cm³/mol. The van der Waals surface area contributed by atoms with Crippen molar-refractivity contribution in [2.75, 3.05) is 6.61 Å². The average molecular weight is 303 g/mol. The van der Waals surface area contributed by atoms with Crippen LogP contribution in [-0.2, 0) is 0 Å². The van der Waals surface area contributed by atoms with E-state index in [0.717, 1.165) is 12.8 Å². The maximum Gasteiger partial charge on any atom is 0.309 e. The van der Waals surface area contributed by atoms with Crippen LogP contribution >= 0.6 is 0 Å². The first-order valence-electron chi connectivity index (χ1n) is 7.28. The molecular weight excluding hydrogens is 289 g/mol. The third-order valence-corrected chi connectivity index (χ3v) is 3.89. The van der Waals surface area contributed by atoms with E-state index in [2.05, 4.69) is 15.5 Å². The molecule has 1 aliphatic heterocycles. The van der Waals surface area contributed by atoms with Crippen LogP contribution in [0.5, 0.6) is 5.75 Å². The molecule has 1 aromatic heterocycles. The SMILES string of the molecule is O=C(NC1CCOc2c(F)cccc21)c1nnc(C2CC2)o1. The van der Waals surface area contributed by atoms with Crippen LogP contribution in [0, 0.1) is 5.82 Å². The van der Waals surface area contributed by atoms with Crippen LogP contribution in [-0.4, -0.2) is 22.7 Å². The van der Waals surface area contributed by atoms with Gasteiger partial charge in [0.2, 0.25) is 5.89 Å². The van der Waals surface area contributed by atoms with Gasteiger partial charge in [-0.3, -0.25) is 4.79 Å². The smallest absolute Gasteiger partial charge is 0.309 e. The maximum absolute atomic E-state index is 13.7. The van der Waals surface area contributed by atoms with Gasteiger partial charge in [-0.15, -0.1) is 10.2 Å². The Kier molecular flexibility index (Phi) is 3.06. The van der Waals surface area contributed by atoms with Crippen molar-refractivity contribution < 1.29 is 18.3 Å². The highest BCUT2D eigenvalue weighted by atomic mass is 19.1. The Morgan fingerprint density at radius 2 is 2.14 bits per heavy atom. The number of hydrogen-bond donors (Lipinski definition) is 1. The number of nitrogens with zero attached hydrogens (tertiary/aromatic N) is 2. The lowest BCUT2D eigenvalue weighted by Crippen LogP contribution is -2.32. The lowest BCUT2D eigenvalue weighted by molar-refractivity contribution is 0.0886. The molecule has 1 fully saturated rings. The van der Waals surface area contributed by atoms with Crippen molar-refractivity contribution in [3.63, 3.8) is 0 Å². The number of hydrogen-bond acceptors (Lipinski definition) is 5. The fourth-order valence-electron chi connectivity index (χ4n) is 2.58. The molecule has 0 saturated heterocycles. The Morgan fingerprint density at radius 3 is 2.95 bits per heavy atom. The number of fused-ring (bicyclic) bond motifs is 1. The van der Waals surface area contributed by atoms with E-state index in [-0.39, 0.29) is 17.7 Å². The zero-order valence-electron chi connectivity index (χ0n) is 11.7. The molecule has 1 N–H and O–H groups in total. The fourth-order valence-corrected chi connectivity index (χ4v) is 2.58. The van der Waals surface area contributed by atoms with Crippen molar-refractivity contribution >= 4 is 5.91 Å². The maximum atomic E-state index is 13.7. The molecule has 2 aromatic rings. The van der Waals surface area contributed by atoms with E-state index in [1.54, 1.807) is 12.1 Å². The molecule has 1 saturated carbocycles. The van der Waals surface area contributed by atoms with Gasteiger partial charge in [0.15, 0.2) is 11.6 Å². The summed E-state index contributed by atoms with van der Waals surface area (Å²) in [5.74, 6) is 0.0943. The standard InChI is InChI=1S/C15H14FN3O3/c16-10-3-1-2-9-11(6-7-21-12(9)10)17-13(20)15-19-18-14(22-15)8-4-5-8/h1-3,8,11H,4-7H2,(H,17,20). The number of carbonyl (C=O) groups excluding carboxylic acids is 1. The van der Waals surface area contributed by atoms with Crippen LogP contribution in [0.4, 0.5) is 4.39 Å². The van der Waals surface area contributed by atoms with Crippen LogP contribution in [0.25, 0.3) is 0 Å². The first-order valence-corrected chi connectivity index (χ1v) is 7.28. The summed E-state index contributed by atoms with van der Waals surface area (Å²) in [6, 6.07) is 4.35. The van der Waals surface area contributed by atoms with E-state index in [1.165, 1.54) is 6.07 Å². The number of rotatable bonds is 3. The van der Waals surface area contributed by atoms with Crippen molar-refractivity contribution in [3.8, 4) is 5.75 Å². The highest BCUT2D eigenvalue weighted by molar-refractivity contribution is 5.89. The Balaban J connectivity index is 1.53. The van der Waals surface area contributed by atoms with Gasteiger partial charge in [-0.05, 0) is 18.9 Å². The van der Waals surface area contributed by atoms with Gasteiger partial charge < -0.3 is 14.5 Å². The van der Waals surface area contributed by atoms with Crippen LogP contribution in [0.1, 0.15) is 53.4 Å². The minimum absolute atomic E-state index is 0.0497. The zero-order chi connectivity index (χ0) is 15.1. The number of ether oxygens (including phenoxy) is 1. The second-order valence-electron chi connectivity index (χ2n) is 5.54. The van der Waals surface area contributed by atoms with E-state index in [1.807, 2.05) is 0 Å². The van der Waals surface area contributed by atoms with Crippen LogP contribution in [0.2, 0.25) is 0 Å². The van der Waals surface area contributed by atoms with Gasteiger partial charge in [-0.25, -0.2) is 4.39 Å². The van der Waals surface area contributed by atoms with Gasteiger partial charge in [-0.1, -0.05) is 12.1 Å². The van der Waals surface area contributed by atoms with Gasteiger partial charge in [0, 0.05) is 17.9 Å². The molecule has 1 unspecified atom stereocenters.